The van der Waals surface area contributed by atoms with Crippen LogP contribution in [0.15, 0.2) is 48.5 Å². The van der Waals surface area contributed by atoms with Gasteiger partial charge in [-0.2, -0.15) is 5.26 Å². The van der Waals surface area contributed by atoms with Crippen molar-refractivity contribution in [3.63, 3.8) is 0 Å². The Morgan fingerprint density at radius 1 is 1.05 bits per heavy atom. The van der Waals surface area contributed by atoms with Crippen LogP contribution in [0.1, 0.15) is 22.6 Å². The van der Waals surface area contributed by atoms with Gasteiger partial charge in [-0.05, 0) is 35.4 Å². The van der Waals surface area contributed by atoms with Crippen LogP contribution in [0.2, 0.25) is 0 Å². The molecule has 2 aromatic carbocycles. The van der Waals surface area contributed by atoms with E-state index in [1.165, 1.54) is 12.1 Å². The van der Waals surface area contributed by atoms with E-state index >= 15 is 0 Å². The molecule has 0 aromatic heterocycles. The molecule has 4 heteroatoms. The molecule has 0 bridgehead atoms. The minimum Gasteiger partial charge on any atom is -0.391 e. The van der Waals surface area contributed by atoms with Crippen LogP contribution in [0, 0.1) is 17.1 Å². The van der Waals surface area contributed by atoms with Crippen molar-refractivity contribution in [1.29, 1.82) is 5.26 Å². The average Bonchev–Trinajstić information content (AvgIpc) is 2.50. The van der Waals surface area contributed by atoms with Crippen molar-refractivity contribution in [2.24, 2.45) is 5.73 Å². The maximum atomic E-state index is 13.0. The number of rotatable bonds is 4. The summed E-state index contributed by atoms with van der Waals surface area (Å²) in [5.74, 6) is -0.664. The monoisotopic (exact) mass is 270 g/mol. The fourth-order valence-electron chi connectivity index (χ4n) is 2.21. The topological polar surface area (TPSA) is 70.0 Å². The highest BCUT2D eigenvalue weighted by Crippen LogP contribution is 2.28. The number of nitrogens with zero attached hydrogens (tertiary/aromatic N) is 1. The number of benzene rings is 2. The Morgan fingerprint density at radius 3 is 2.00 bits per heavy atom. The van der Waals surface area contributed by atoms with Crippen LogP contribution in [0.3, 0.4) is 0 Å². The number of hydrogen-bond acceptors (Lipinski definition) is 3. The Hall–Kier alpha value is -2.22. The van der Waals surface area contributed by atoms with Gasteiger partial charge in [0, 0.05) is 12.5 Å². The molecular formula is C16H15FN2O. The Kier molecular flexibility index (Phi) is 4.46. The van der Waals surface area contributed by atoms with Crippen LogP contribution in [0.5, 0.6) is 0 Å². The Bertz CT molecular complexity index is 602. The first kappa shape index (κ1) is 14.2. The zero-order valence-corrected chi connectivity index (χ0v) is 10.8. The third-order valence-corrected chi connectivity index (χ3v) is 3.25. The van der Waals surface area contributed by atoms with Crippen molar-refractivity contribution < 1.29 is 9.50 Å². The van der Waals surface area contributed by atoms with Crippen molar-refractivity contribution in [1.82, 2.24) is 0 Å². The molecule has 20 heavy (non-hydrogen) atoms. The fourth-order valence-corrected chi connectivity index (χ4v) is 2.21. The molecule has 0 aliphatic heterocycles. The molecule has 3 nitrogen and oxygen atoms in total. The molecule has 0 amide bonds. The van der Waals surface area contributed by atoms with Gasteiger partial charge in [0.05, 0.1) is 17.7 Å². The molecule has 2 rings (SSSR count). The van der Waals surface area contributed by atoms with Gasteiger partial charge in [0.25, 0.3) is 0 Å². The van der Waals surface area contributed by atoms with Gasteiger partial charge in [-0.15, -0.1) is 0 Å². The average molecular weight is 270 g/mol. The first-order valence-electron chi connectivity index (χ1n) is 6.29. The maximum Gasteiger partial charge on any atom is 0.123 e. The summed E-state index contributed by atoms with van der Waals surface area (Å²) in [6, 6.07) is 15.0. The lowest BCUT2D eigenvalue weighted by Crippen LogP contribution is -2.28. The van der Waals surface area contributed by atoms with Gasteiger partial charge in [0.15, 0.2) is 0 Å². The summed E-state index contributed by atoms with van der Waals surface area (Å²) >= 11 is 0. The van der Waals surface area contributed by atoms with E-state index in [4.69, 9.17) is 11.0 Å². The molecule has 0 saturated carbocycles. The second-order valence-corrected chi connectivity index (χ2v) is 4.57. The Labute approximate surface area is 117 Å². The van der Waals surface area contributed by atoms with Crippen LogP contribution >= 0.6 is 0 Å². The zero-order chi connectivity index (χ0) is 14.5. The van der Waals surface area contributed by atoms with Gasteiger partial charge in [-0.25, -0.2) is 4.39 Å². The predicted molar refractivity (Wildman–Crippen MR) is 74.5 cm³/mol. The molecule has 2 aromatic rings. The minimum atomic E-state index is -0.770. The van der Waals surface area contributed by atoms with Crippen LogP contribution in [-0.2, 0) is 0 Å². The van der Waals surface area contributed by atoms with Gasteiger partial charge < -0.3 is 10.8 Å². The highest BCUT2D eigenvalue weighted by atomic mass is 19.1. The van der Waals surface area contributed by atoms with Crippen molar-refractivity contribution in [2.45, 2.75) is 12.0 Å². The fraction of sp³-hybridized carbons (Fsp3) is 0.188. The predicted octanol–water partition coefficient (Wildman–Crippen LogP) is 2.15. The highest BCUT2D eigenvalue weighted by molar-refractivity contribution is 5.38. The highest BCUT2D eigenvalue weighted by Gasteiger charge is 2.22. The molecule has 102 valence electrons. The quantitative estimate of drug-likeness (QED) is 0.894. The molecule has 0 heterocycles. The lowest BCUT2D eigenvalue weighted by molar-refractivity contribution is 0.164. The van der Waals surface area contributed by atoms with Crippen molar-refractivity contribution in [3.8, 4) is 6.07 Å². The lowest BCUT2D eigenvalue weighted by Gasteiger charge is -2.23. The molecule has 0 fully saturated rings. The normalized spacial score (nSPS) is 13.5. The smallest absolute Gasteiger partial charge is 0.123 e. The SMILES string of the molecule is N#Cc1ccc(C(c2ccc(F)cc2)C(O)CN)cc1. The summed E-state index contributed by atoms with van der Waals surface area (Å²) < 4.78 is 13.0. The van der Waals surface area contributed by atoms with Gasteiger partial charge >= 0.3 is 0 Å². The van der Waals surface area contributed by atoms with Crippen LogP contribution in [0.25, 0.3) is 0 Å². The van der Waals surface area contributed by atoms with Gasteiger partial charge in [0.2, 0.25) is 0 Å². The van der Waals surface area contributed by atoms with E-state index in [-0.39, 0.29) is 18.3 Å². The lowest BCUT2D eigenvalue weighted by atomic mass is 9.86. The molecular weight excluding hydrogens is 255 g/mol. The van der Waals surface area contributed by atoms with Gasteiger partial charge in [-0.1, -0.05) is 24.3 Å². The largest absolute Gasteiger partial charge is 0.391 e. The second-order valence-electron chi connectivity index (χ2n) is 4.57. The molecule has 3 N–H and O–H groups in total. The van der Waals surface area contributed by atoms with E-state index in [0.29, 0.717) is 5.56 Å². The van der Waals surface area contributed by atoms with E-state index in [1.807, 2.05) is 6.07 Å². The Morgan fingerprint density at radius 2 is 1.55 bits per heavy atom. The van der Waals surface area contributed by atoms with E-state index < -0.39 is 6.10 Å². The molecule has 0 radical (unpaired) electrons. The first-order chi connectivity index (χ1) is 9.65. The summed E-state index contributed by atoms with van der Waals surface area (Å²) in [7, 11) is 0. The molecule has 0 aliphatic carbocycles. The Balaban J connectivity index is 2.41. The molecule has 0 aliphatic rings. The molecule has 0 spiro atoms. The van der Waals surface area contributed by atoms with Crippen LogP contribution < -0.4 is 5.73 Å². The third kappa shape index (κ3) is 3.02. The number of aliphatic hydroxyl groups excluding tert-OH is 1. The number of nitrogens with two attached hydrogens (primary N) is 1. The summed E-state index contributed by atoms with van der Waals surface area (Å²) in [6.07, 6.45) is -0.770. The molecule has 2 unspecified atom stereocenters. The number of halogens is 1. The van der Waals surface area contributed by atoms with E-state index in [0.717, 1.165) is 11.1 Å². The summed E-state index contributed by atoms with van der Waals surface area (Å²) in [5, 5.41) is 18.9. The van der Waals surface area contributed by atoms with Crippen molar-refractivity contribution in [2.75, 3.05) is 6.54 Å². The van der Waals surface area contributed by atoms with E-state index in [1.54, 1.807) is 36.4 Å². The summed E-state index contributed by atoms with van der Waals surface area (Å²) in [5.41, 5.74) is 7.73. The van der Waals surface area contributed by atoms with Gasteiger partial charge in [-0.3, -0.25) is 0 Å². The maximum absolute atomic E-state index is 13.0. The molecule has 2 atom stereocenters. The second kappa shape index (κ2) is 6.29. The summed E-state index contributed by atoms with van der Waals surface area (Å²) in [6.45, 7) is 0.0993. The number of hydrogen-bond donors (Lipinski definition) is 2. The van der Waals surface area contributed by atoms with Crippen LogP contribution in [0.4, 0.5) is 4.39 Å². The van der Waals surface area contributed by atoms with E-state index in [9.17, 15) is 9.50 Å². The number of aliphatic hydroxyl groups is 1. The van der Waals surface area contributed by atoms with Gasteiger partial charge in [0.1, 0.15) is 5.82 Å². The van der Waals surface area contributed by atoms with E-state index in [2.05, 4.69) is 0 Å². The van der Waals surface area contributed by atoms with Crippen molar-refractivity contribution >= 4 is 0 Å². The zero-order valence-electron chi connectivity index (χ0n) is 10.8. The van der Waals surface area contributed by atoms with Crippen molar-refractivity contribution in [3.05, 3.63) is 71.0 Å². The third-order valence-electron chi connectivity index (χ3n) is 3.25. The van der Waals surface area contributed by atoms with Crippen LogP contribution in [-0.4, -0.2) is 17.8 Å². The minimum absolute atomic E-state index is 0.0993. The standard InChI is InChI=1S/C16H15FN2O/c17-14-7-5-13(6-8-14)16(15(20)10-19)12-3-1-11(9-18)2-4-12/h1-8,15-16,20H,10,19H2. The summed E-state index contributed by atoms with van der Waals surface area (Å²) in [4.78, 5) is 0. The first-order valence-corrected chi connectivity index (χ1v) is 6.29. The molecule has 0 saturated heterocycles. The number of nitriles is 1.